The maximum Gasteiger partial charge on any atom is 0.490 e. The molecule has 2 rings (SSSR count). The molecule has 2 heterocycles. The third-order valence-corrected chi connectivity index (χ3v) is 4.96. The summed E-state index contributed by atoms with van der Waals surface area (Å²) < 4.78 is 37.0. The normalized spacial score (nSPS) is 22.7. The van der Waals surface area contributed by atoms with Crippen molar-refractivity contribution in [3.05, 3.63) is 0 Å². The number of urea groups is 1. The fourth-order valence-electron chi connectivity index (χ4n) is 3.57. The number of ether oxygens (including phenoxy) is 1. The number of halogens is 3. The van der Waals surface area contributed by atoms with E-state index in [0.29, 0.717) is 11.5 Å². The molecule has 0 aromatic rings. The number of hydrogen-bond donors (Lipinski definition) is 1. The van der Waals surface area contributed by atoms with Crippen molar-refractivity contribution in [2.24, 2.45) is 5.41 Å². The third-order valence-electron chi connectivity index (χ3n) is 4.96. The van der Waals surface area contributed by atoms with Gasteiger partial charge in [-0.1, -0.05) is 0 Å². The van der Waals surface area contributed by atoms with Gasteiger partial charge >= 0.3 is 18.2 Å². The summed E-state index contributed by atoms with van der Waals surface area (Å²) in [4.78, 5) is 26.9. The number of methoxy groups -OCH3 is 1. The molecule has 0 radical (unpaired) electrons. The van der Waals surface area contributed by atoms with Gasteiger partial charge in [0, 0.05) is 46.9 Å². The summed E-state index contributed by atoms with van der Waals surface area (Å²) in [6.45, 7) is 3.75. The lowest BCUT2D eigenvalue weighted by molar-refractivity contribution is -0.192. The zero-order valence-corrected chi connectivity index (χ0v) is 15.7. The van der Waals surface area contributed by atoms with E-state index in [4.69, 9.17) is 14.6 Å². The molecule has 1 spiro atoms. The number of alkyl halides is 3. The molecule has 1 unspecified atom stereocenters. The average Bonchev–Trinajstić information content (AvgIpc) is 2.83. The first kappa shape index (κ1) is 22.5. The Balaban J connectivity index is 0.000000412. The van der Waals surface area contributed by atoms with Crippen LogP contribution in [-0.4, -0.2) is 98.5 Å². The zero-order valence-electron chi connectivity index (χ0n) is 15.7. The number of carbonyl (C=O) groups is 2. The first-order chi connectivity index (χ1) is 11.9. The number of piperidine rings is 1. The van der Waals surface area contributed by atoms with Gasteiger partial charge in [0.1, 0.15) is 0 Å². The van der Waals surface area contributed by atoms with Crippen molar-refractivity contribution in [2.45, 2.75) is 31.5 Å². The smallest absolute Gasteiger partial charge is 0.475 e. The van der Waals surface area contributed by atoms with E-state index >= 15 is 0 Å². The minimum absolute atomic E-state index is 0.148. The van der Waals surface area contributed by atoms with Crippen LogP contribution < -0.4 is 0 Å². The highest BCUT2D eigenvalue weighted by Crippen LogP contribution is 2.42. The van der Waals surface area contributed by atoms with Gasteiger partial charge in [-0.15, -0.1) is 0 Å². The quantitative estimate of drug-likeness (QED) is 0.786. The molecule has 1 N–H and O–H groups in total. The maximum atomic E-state index is 12.0. The predicted molar refractivity (Wildman–Crippen MR) is 88.9 cm³/mol. The van der Waals surface area contributed by atoms with E-state index in [1.807, 2.05) is 19.0 Å². The van der Waals surface area contributed by atoms with Gasteiger partial charge in [0.25, 0.3) is 0 Å². The van der Waals surface area contributed by atoms with Crippen LogP contribution in [0.4, 0.5) is 18.0 Å². The molecular weight excluding hydrogens is 355 g/mol. The Morgan fingerprint density at radius 2 is 1.77 bits per heavy atom. The van der Waals surface area contributed by atoms with Gasteiger partial charge in [0.15, 0.2) is 0 Å². The lowest BCUT2D eigenvalue weighted by Crippen LogP contribution is -2.47. The van der Waals surface area contributed by atoms with Crippen molar-refractivity contribution in [1.29, 1.82) is 0 Å². The molecule has 2 amide bonds. The van der Waals surface area contributed by atoms with Crippen LogP contribution in [0.1, 0.15) is 19.3 Å². The van der Waals surface area contributed by atoms with Gasteiger partial charge < -0.3 is 24.5 Å². The van der Waals surface area contributed by atoms with Crippen LogP contribution >= 0.6 is 0 Å². The Bertz CT molecular complexity index is 492. The van der Waals surface area contributed by atoms with Crippen molar-refractivity contribution in [3.8, 4) is 0 Å². The molecule has 2 fully saturated rings. The molecule has 2 saturated heterocycles. The molecule has 10 heteroatoms. The van der Waals surface area contributed by atoms with Gasteiger partial charge in [-0.25, -0.2) is 9.59 Å². The minimum Gasteiger partial charge on any atom is -0.475 e. The second kappa shape index (κ2) is 8.90. The van der Waals surface area contributed by atoms with E-state index in [0.717, 1.165) is 39.1 Å². The van der Waals surface area contributed by atoms with E-state index in [1.165, 1.54) is 6.42 Å². The largest absolute Gasteiger partial charge is 0.490 e. The average molecular weight is 383 g/mol. The van der Waals surface area contributed by atoms with Crippen molar-refractivity contribution in [1.82, 2.24) is 14.7 Å². The Kier molecular flexibility index (Phi) is 7.70. The highest BCUT2D eigenvalue weighted by molar-refractivity contribution is 5.74. The first-order valence-electron chi connectivity index (χ1n) is 8.37. The number of carboxylic acids is 1. The number of nitrogens with zero attached hydrogens (tertiary/aromatic N) is 3. The standard InChI is InChI=1S/C14H27N3O2.C2HF3O2/c1-15(2)13(18)17-7-5-14(6-8-17)9-12(10-19-4)16(3)11-14;3-2(4,5)1(6)7/h12H,5-11H2,1-4H3;(H,6,7). The summed E-state index contributed by atoms with van der Waals surface area (Å²) in [7, 11) is 7.61. The second-order valence-corrected chi connectivity index (χ2v) is 7.20. The van der Waals surface area contributed by atoms with Crippen molar-refractivity contribution in [3.63, 3.8) is 0 Å². The molecule has 0 bridgehead atoms. The summed E-state index contributed by atoms with van der Waals surface area (Å²) in [6, 6.07) is 0.691. The molecule has 2 aliphatic rings. The molecule has 0 aromatic heterocycles. The molecular formula is C16H28F3N3O4. The van der Waals surface area contributed by atoms with Gasteiger partial charge in [0.2, 0.25) is 0 Å². The summed E-state index contributed by atoms with van der Waals surface area (Å²) in [5, 5.41) is 7.12. The lowest BCUT2D eigenvalue weighted by Gasteiger charge is -2.40. The van der Waals surface area contributed by atoms with Gasteiger partial charge in [-0.3, -0.25) is 0 Å². The van der Waals surface area contributed by atoms with Crippen LogP contribution in [0.2, 0.25) is 0 Å². The molecule has 2 aliphatic heterocycles. The number of carboxylic acid groups (broad SMARTS) is 1. The Morgan fingerprint density at radius 3 is 2.15 bits per heavy atom. The number of hydrogen-bond acceptors (Lipinski definition) is 4. The number of carbonyl (C=O) groups excluding carboxylic acids is 1. The molecule has 0 aromatic carbocycles. The number of rotatable bonds is 2. The number of likely N-dealkylation sites (tertiary alicyclic amines) is 2. The highest BCUT2D eigenvalue weighted by Gasteiger charge is 2.44. The summed E-state index contributed by atoms with van der Waals surface area (Å²) in [5.41, 5.74) is 0.404. The highest BCUT2D eigenvalue weighted by atomic mass is 19.4. The third kappa shape index (κ3) is 6.01. The van der Waals surface area contributed by atoms with E-state index in [2.05, 4.69) is 11.9 Å². The summed E-state index contributed by atoms with van der Waals surface area (Å²) >= 11 is 0. The van der Waals surface area contributed by atoms with Crippen LogP contribution in [-0.2, 0) is 9.53 Å². The van der Waals surface area contributed by atoms with Gasteiger partial charge in [-0.05, 0) is 31.7 Å². The minimum atomic E-state index is -5.08. The Hall–Kier alpha value is -1.55. The molecule has 1 atom stereocenters. The second-order valence-electron chi connectivity index (χ2n) is 7.20. The molecule has 0 saturated carbocycles. The van der Waals surface area contributed by atoms with Crippen LogP contribution in [0.15, 0.2) is 0 Å². The van der Waals surface area contributed by atoms with E-state index < -0.39 is 12.1 Å². The fourth-order valence-corrected chi connectivity index (χ4v) is 3.57. The predicted octanol–water partition coefficient (Wildman–Crippen LogP) is 1.73. The van der Waals surface area contributed by atoms with Crippen LogP contribution in [0.3, 0.4) is 0 Å². The topological polar surface area (TPSA) is 73.3 Å². The zero-order chi connectivity index (χ0) is 20.1. The lowest BCUT2D eigenvalue weighted by atomic mass is 9.76. The summed E-state index contributed by atoms with van der Waals surface area (Å²) in [6.07, 6.45) is -1.63. The Labute approximate surface area is 151 Å². The van der Waals surface area contributed by atoms with Crippen LogP contribution in [0, 0.1) is 5.41 Å². The number of aliphatic carboxylic acids is 1. The van der Waals surface area contributed by atoms with Crippen molar-refractivity contribution < 1.29 is 32.6 Å². The van der Waals surface area contributed by atoms with Crippen molar-refractivity contribution in [2.75, 3.05) is 54.5 Å². The number of likely N-dealkylation sites (N-methyl/N-ethyl adjacent to an activating group) is 1. The van der Waals surface area contributed by atoms with Gasteiger partial charge in [0.05, 0.1) is 6.61 Å². The van der Waals surface area contributed by atoms with Crippen LogP contribution in [0.5, 0.6) is 0 Å². The summed E-state index contributed by atoms with van der Waals surface area (Å²) in [5.74, 6) is -2.76. The SMILES string of the molecule is COCC1CC2(CCN(C(=O)N(C)C)CC2)CN1C.O=C(O)C(F)(F)F. The fraction of sp³-hybridized carbons (Fsp3) is 0.875. The van der Waals surface area contributed by atoms with Gasteiger partial charge in [-0.2, -0.15) is 13.2 Å². The maximum absolute atomic E-state index is 12.0. The van der Waals surface area contributed by atoms with E-state index in [9.17, 15) is 18.0 Å². The molecule has 0 aliphatic carbocycles. The van der Waals surface area contributed by atoms with Crippen molar-refractivity contribution >= 4 is 12.0 Å². The number of amides is 2. The van der Waals surface area contributed by atoms with E-state index in [-0.39, 0.29) is 6.03 Å². The molecule has 152 valence electrons. The first-order valence-corrected chi connectivity index (χ1v) is 8.37. The molecule has 26 heavy (non-hydrogen) atoms. The van der Waals surface area contributed by atoms with E-state index in [1.54, 1.807) is 12.0 Å². The molecule has 7 nitrogen and oxygen atoms in total. The monoisotopic (exact) mass is 383 g/mol. The Morgan fingerprint density at radius 1 is 1.27 bits per heavy atom. The van der Waals surface area contributed by atoms with Crippen LogP contribution in [0.25, 0.3) is 0 Å².